The Kier molecular flexibility index (Phi) is 5.87. The van der Waals surface area contributed by atoms with Crippen molar-refractivity contribution >= 4 is 11.7 Å². The third-order valence-electron chi connectivity index (χ3n) is 3.61. The van der Waals surface area contributed by atoms with E-state index in [-0.39, 0.29) is 12.1 Å². The Labute approximate surface area is 125 Å². The van der Waals surface area contributed by atoms with Gasteiger partial charge in [0.2, 0.25) is 0 Å². The number of anilines is 1. The van der Waals surface area contributed by atoms with Crippen molar-refractivity contribution in [3.63, 3.8) is 0 Å². The van der Waals surface area contributed by atoms with E-state index in [0.29, 0.717) is 12.3 Å². The number of rotatable bonds is 5. The van der Waals surface area contributed by atoms with Gasteiger partial charge in [0.1, 0.15) is 5.75 Å². The van der Waals surface area contributed by atoms with Crippen LogP contribution in [0.3, 0.4) is 0 Å². The summed E-state index contributed by atoms with van der Waals surface area (Å²) in [6, 6.07) is 6.88. The van der Waals surface area contributed by atoms with E-state index in [2.05, 4.69) is 10.6 Å². The normalized spacial score (nSPS) is 21.6. The number of aliphatic hydroxyl groups is 1. The summed E-state index contributed by atoms with van der Waals surface area (Å²) < 4.78 is 5.53. The van der Waals surface area contributed by atoms with Crippen LogP contribution in [0.5, 0.6) is 5.75 Å². The lowest BCUT2D eigenvalue weighted by Crippen LogP contribution is -2.46. The van der Waals surface area contributed by atoms with Crippen molar-refractivity contribution < 1.29 is 14.6 Å². The van der Waals surface area contributed by atoms with Crippen LogP contribution < -0.4 is 15.4 Å². The van der Waals surface area contributed by atoms with Gasteiger partial charge in [-0.3, -0.25) is 0 Å². The minimum Gasteiger partial charge on any atom is -0.494 e. The monoisotopic (exact) mass is 292 g/mol. The molecule has 21 heavy (non-hydrogen) atoms. The molecule has 2 unspecified atom stereocenters. The Morgan fingerprint density at radius 3 is 2.95 bits per heavy atom. The first-order valence-electron chi connectivity index (χ1n) is 7.67. The molecule has 1 fully saturated rings. The smallest absolute Gasteiger partial charge is 0.319 e. The van der Waals surface area contributed by atoms with E-state index in [1.807, 2.05) is 25.1 Å². The Balaban J connectivity index is 1.87. The lowest BCUT2D eigenvalue weighted by atomic mass is 9.93. The SMILES string of the molecule is CCCOc1cccc(NC(=O)NC2CCCCC2O)c1. The third kappa shape index (κ3) is 4.93. The molecule has 0 radical (unpaired) electrons. The van der Waals surface area contributed by atoms with Crippen LogP contribution in [-0.4, -0.2) is 29.9 Å². The van der Waals surface area contributed by atoms with Gasteiger partial charge in [0.25, 0.3) is 0 Å². The predicted molar refractivity (Wildman–Crippen MR) is 82.6 cm³/mol. The molecular formula is C16H24N2O3. The van der Waals surface area contributed by atoms with Gasteiger partial charge in [0.15, 0.2) is 0 Å². The Morgan fingerprint density at radius 2 is 2.19 bits per heavy atom. The maximum Gasteiger partial charge on any atom is 0.319 e. The first kappa shape index (κ1) is 15.6. The van der Waals surface area contributed by atoms with Crippen LogP contribution in [0.15, 0.2) is 24.3 Å². The van der Waals surface area contributed by atoms with E-state index in [0.717, 1.165) is 37.9 Å². The average molecular weight is 292 g/mol. The van der Waals surface area contributed by atoms with Gasteiger partial charge in [-0.05, 0) is 31.4 Å². The average Bonchev–Trinajstić information content (AvgIpc) is 2.48. The van der Waals surface area contributed by atoms with Crippen molar-refractivity contribution in [3.8, 4) is 5.75 Å². The highest BCUT2D eigenvalue weighted by Crippen LogP contribution is 2.20. The van der Waals surface area contributed by atoms with Gasteiger partial charge in [0, 0.05) is 11.8 Å². The molecule has 3 N–H and O–H groups in total. The van der Waals surface area contributed by atoms with Gasteiger partial charge in [-0.15, -0.1) is 0 Å². The van der Waals surface area contributed by atoms with E-state index in [9.17, 15) is 9.90 Å². The summed E-state index contributed by atoms with van der Waals surface area (Å²) in [6.07, 6.45) is 4.15. The zero-order valence-corrected chi connectivity index (χ0v) is 12.5. The number of amides is 2. The number of carbonyl (C=O) groups excluding carboxylic acids is 1. The summed E-state index contributed by atoms with van der Waals surface area (Å²) in [5.74, 6) is 0.743. The number of benzene rings is 1. The lowest BCUT2D eigenvalue weighted by molar-refractivity contribution is 0.0955. The zero-order chi connectivity index (χ0) is 15.1. The number of hydrogen-bond acceptors (Lipinski definition) is 3. The van der Waals surface area contributed by atoms with Crippen LogP contribution in [-0.2, 0) is 0 Å². The molecule has 1 aromatic carbocycles. The number of nitrogens with one attached hydrogen (secondary N) is 2. The van der Waals surface area contributed by atoms with Crippen molar-refractivity contribution in [2.45, 2.75) is 51.2 Å². The lowest BCUT2D eigenvalue weighted by Gasteiger charge is -2.28. The van der Waals surface area contributed by atoms with Crippen molar-refractivity contribution in [1.29, 1.82) is 0 Å². The summed E-state index contributed by atoms with van der Waals surface area (Å²) in [5, 5.41) is 15.5. The summed E-state index contributed by atoms with van der Waals surface area (Å²) >= 11 is 0. The highest BCUT2D eigenvalue weighted by Gasteiger charge is 2.24. The van der Waals surface area contributed by atoms with Crippen molar-refractivity contribution in [2.24, 2.45) is 0 Å². The first-order chi connectivity index (χ1) is 10.2. The fourth-order valence-corrected chi connectivity index (χ4v) is 2.50. The van der Waals surface area contributed by atoms with Gasteiger partial charge in [-0.2, -0.15) is 0 Å². The van der Waals surface area contributed by atoms with E-state index >= 15 is 0 Å². The second kappa shape index (κ2) is 7.88. The van der Waals surface area contributed by atoms with Gasteiger partial charge < -0.3 is 20.5 Å². The number of urea groups is 1. The number of ether oxygens (including phenoxy) is 1. The van der Waals surface area contributed by atoms with Gasteiger partial charge >= 0.3 is 6.03 Å². The molecule has 5 nitrogen and oxygen atoms in total. The quantitative estimate of drug-likeness (QED) is 0.781. The summed E-state index contributed by atoms with van der Waals surface area (Å²) in [4.78, 5) is 12.0. The summed E-state index contributed by atoms with van der Waals surface area (Å²) in [5.41, 5.74) is 0.686. The molecule has 1 aromatic rings. The van der Waals surface area contributed by atoms with Crippen LogP contribution >= 0.6 is 0 Å². The molecule has 0 saturated heterocycles. The van der Waals surface area contributed by atoms with E-state index in [1.54, 1.807) is 6.07 Å². The van der Waals surface area contributed by atoms with E-state index in [1.165, 1.54) is 0 Å². The number of aliphatic hydroxyl groups excluding tert-OH is 1. The Hall–Kier alpha value is -1.75. The van der Waals surface area contributed by atoms with Gasteiger partial charge in [-0.25, -0.2) is 4.79 Å². The van der Waals surface area contributed by atoms with Gasteiger partial charge in [0.05, 0.1) is 18.8 Å². The summed E-state index contributed by atoms with van der Waals surface area (Å²) in [6.45, 7) is 2.70. The Morgan fingerprint density at radius 1 is 1.38 bits per heavy atom. The molecule has 0 spiro atoms. The van der Waals surface area contributed by atoms with Crippen molar-refractivity contribution in [3.05, 3.63) is 24.3 Å². The van der Waals surface area contributed by atoms with Gasteiger partial charge in [-0.1, -0.05) is 25.8 Å². The van der Waals surface area contributed by atoms with Crippen LogP contribution in [0.25, 0.3) is 0 Å². The topological polar surface area (TPSA) is 70.6 Å². The highest BCUT2D eigenvalue weighted by molar-refractivity contribution is 5.89. The van der Waals surface area contributed by atoms with Crippen LogP contribution in [0.1, 0.15) is 39.0 Å². The molecule has 1 aliphatic carbocycles. The molecular weight excluding hydrogens is 268 g/mol. The fourth-order valence-electron chi connectivity index (χ4n) is 2.50. The number of carbonyl (C=O) groups is 1. The highest BCUT2D eigenvalue weighted by atomic mass is 16.5. The molecule has 2 rings (SSSR count). The maximum absolute atomic E-state index is 12.0. The minimum absolute atomic E-state index is 0.154. The minimum atomic E-state index is -0.441. The molecule has 0 bridgehead atoms. The molecule has 2 amide bonds. The molecule has 0 aromatic heterocycles. The summed E-state index contributed by atoms with van der Waals surface area (Å²) in [7, 11) is 0. The largest absolute Gasteiger partial charge is 0.494 e. The van der Waals surface area contributed by atoms with Crippen LogP contribution in [0.4, 0.5) is 10.5 Å². The Bertz CT molecular complexity index is 465. The number of hydrogen-bond donors (Lipinski definition) is 3. The first-order valence-corrected chi connectivity index (χ1v) is 7.67. The second-order valence-corrected chi connectivity index (χ2v) is 5.43. The van der Waals surface area contributed by atoms with Crippen LogP contribution in [0.2, 0.25) is 0 Å². The molecule has 1 saturated carbocycles. The molecule has 2 atom stereocenters. The predicted octanol–water partition coefficient (Wildman–Crippen LogP) is 2.90. The zero-order valence-electron chi connectivity index (χ0n) is 12.5. The molecule has 116 valence electrons. The molecule has 0 aliphatic heterocycles. The van der Waals surface area contributed by atoms with Crippen LogP contribution in [0, 0.1) is 0 Å². The molecule has 5 heteroatoms. The second-order valence-electron chi connectivity index (χ2n) is 5.43. The third-order valence-corrected chi connectivity index (χ3v) is 3.61. The molecule has 0 heterocycles. The van der Waals surface area contributed by atoms with E-state index < -0.39 is 6.10 Å². The van der Waals surface area contributed by atoms with E-state index in [4.69, 9.17) is 4.74 Å². The maximum atomic E-state index is 12.0. The van der Waals surface area contributed by atoms with Crippen molar-refractivity contribution in [1.82, 2.24) is 5.32 Å². The van der Waals surface area contributed by atoms with Crippen molar-refractivity contribution in [2.75, 3.05) is 11.9 Å². The fraction of sp³-hybridized carbons (Fsp3) is 0.562. The standard InChI is InChI=1S/C16H24N2O3/c1-2-10-21-13-7-5-6-12(11-13)17-16(20)18-14-8-3-4-9-15(14)19/h5-7,11,14-15,19H,2-4,8-10H2,1H3,(H2,17,18,20). The molecule has 1 aliphatic rings.